The number of aliphatic hydroxyl groups excluding tert-OH is 1. The number of nitrogens with zero attached hydrogens (tertiary/aromatic N) is 1. The molecular formula is C18H29N3O2. The zero-order valence-electron chi connectivity index (χ0n) is 14.0. The van der Waals surface area contributed by atoms with Crippen LogP contribution in [0.4, 0.5) is 4.79 Å². The molecular weight excluding hydrogens is 290 g/mol. The summed E-state index contributed by atoms with van der Waals surface area (Å²) in [5.41, 5.74) is 1.07. The average Bonchev–Trinajstić information content (AvgIpc) is 3.00. The molecule has 0 radical (unpaired) electrons. The minimum atomic E-state index is -0.560. The van der Waals surface area contributed by atoms with E-state index in [1.54, 1.807) is 0 Å². The highest BCUT2D eigenvalue weighted by Crippen LogP contribution is 2.15. The van der Waals surface area contributed by atoms with Crippen molar-refractivity contribution in [1.29, 1.82) is 0 Å². The second-order valence-electron chi connectivity index (χ2n) is 6.39. The fourth-order valence-electron chi connectivity index (χ4n) is 3.07. The molecule has 1 aliphatic rings. The minimum Gasteiger partial charge on any atom is -0.391 e. The number of nitrogens with one attached hydrogen (secondary N) is 2. The Hall–Kier alpha value is -1.59. The molecule has 23 heavy (non-hydrogen) atoms. The van der Waals surface area contributed by atoms with Crippen LogP contribution in [0.25, 0.3) is 0 Å². The summed E-state index contributed by atoms with van der Waals surface area (Å²) < 4.78 is 0. The molecule has 1 aliphatic heterocycles. The summed E-state index contributed by atoms with van der Waals surface area (Å²) in [6, 6.07) is 9.62. The topological polar surface area (TPSA) is 64.6 Å². The Morgan fingerprint density at radius 2 is 2.13 bits per heavy atom. The van der Waals surface area contributed by atoms with Crippen molar-refractivity contribution < 1.29 is 9.90 Å². The number of urea groups is 1. The monoisotopic (exact) mass is 319 g/mol. The number of hydrogen-bond acceptors (Lipinski definition) is 3. The summed E-state index contributed by atoms with van der Waals surface area (Å²) in [6.45, 7) is 6.53. The van der Waals surface area contributed by atoms with Crippen molar-refractivity contribution in [3.05, 3.63) is 35.9 Å². The molecule has 5 nitrogen and oxygen atoms in total. The van der Waals surface area contributed by atoms with Crippen LogP contribution in [-0.2, 0) is 6.42 Å². The van der Waals surface area contributed by atoms with Gasteiger partial charge in [-0.25, -0.2) is 4.79 Å². The van der Waals surface area contributed by atoms with E-state index in [2.05, 4.69) is 22.5 Å². The third-order valence-corrected chi connectivity index (χ3v) is 4.27. The van der Waals surface area contributed by atoms with Crippen LogP contribution < -0.4 is 10.6 Å². The lowest BCUT2D eigenvalue weighted by Gasteiger charge is -2.16. The number of hydrogen-bond donors (Lipinski definition) is 3. The molecule has 2 amide bonds. The van der Waals surface area contributed by atoms with Crippen LogP contribution in [0, 0.1) is 5.92 Å². The quantitative estimate of drug-likeness (QED) is 0.682. The van der Waals surface area contributed by atoms with Gasteiger partial charge in [0.2, 0.25) is 0 Å². The van der Waals surface area contributed by atoms with Gasteiger partial charge in [-0.1, -0.05) is 37.3 Å². The summed E-state index contributed by atoms with van der Waals surface area (Å²) in [7, 11) is 0. The Labute approximate surface area is 139 Å². The molecule has 1 fully saturated rings. The van der Waals surface area contributed by atoms with Gasteiger partial charge >= 0.3 is 6.03 Å². The van der Waals surface area contributed by atoms with Crippen LogP contribution in [0.2, 0.25) is 0 Å². The van der Waals surface area contributed by atoms with Gasteiger partial charge in [-0.05, 0) is 37.4 Å². The molecule has 5 heteroatoms. The zero-order valence-corrected chi connectivity index (χ0v) is 14.0. The smallest absolute Gasteiger partial charge is 0.314 e. The highest BCUT2D eigenvalue weighted by Gasteiger charge is 2.21. The van der Waals surface area contributed by atoms with Crippen molar-refractivity contribution in [2.24, 2.45) is 5.92 Å². The van der Waals surface area contributed by atoms with Crippen molar-refractivity contribution in [2.45, 2.75) is 32.3 Å². The van der Waals surface area contributed by atoms with Gasteiger partial charge in [0.15, 0.2) is 0 Å². The summed E-state index contributed by atoms with van der Waals surface area (Å²) >= 11 is 0. The molecule has 1 saturated heterocycles. The van der Waals surface area contributed by atoms with Gasteiger partial charge in [0.1, 0.15) is 0 Å². The molecule has 128 valence electrons. The summed E-state index contributed by atoms with van der Waals surface area (Å²) in [5.74, 6) is 0.543. The Balaban J connectivity index is 1.58. The lowest BCUT2D eigenvalue weighted by molar-refractivity contribution is 0.170. The van der Waals surface area contributed by atoms with Crippen molar-refractivity contribution in [3.8, 4) is 0 Å². The van der Waals surface area contributed by atoms with Crippen molar-refractivity contribution in [3.63, 3.8) is 0 Å². The SMILES string of the molecule is CCCN1CCC(CNC(=O)NCC(O)Cc2ccccc2)C1. The Bertz CT molecular complexity index is 467. The zero-order chi connectivity index (χ0) is 16.5. The first-order valence-electron chi connectivity index (χ1n) is 8.63. The van der Waals surface area contributed by atoms with Crippen LogP contribution in [0.15, 0.2) is 30.3 Å². The lowest BCUT2D eigenvalue weighted by atomic mass is 10.1. The number of rotatable bonds is 8. The van der Waals surface area contributed by atoms with E-state index < -0.39 is 6.10 Å². The van der Waals surface area contributed by atoms with E-state index in [0.29, 0.717) is 18.9 Å². The van der Waals surface area contributed by atoms with Gasteiger partial charge in [0, 0.05) is 26.1 Å². The molecule has 1 aromatic rings. The standard InChI is InChI=1S/C18H29N3O2/c1-2-9-21-10-8-16(14-21)12-19-18(23)20-13-17(22)11-15-6-4-3-5-7-15/h3-7,16-17,22H,2,8-14H2,1H3,(H2,19,20,23). The fraction of sp³-hybridized carbons (Fsp3) is 0.611. The molecule has 2 atom stereocenters. The van der Waals surface area contributed by atoms with E-state index in [-0.39, 0.29) is 12.6 Å². The van der Waals surface area contributed by atoms with Gasteiger partial charge in [-0.2, -0.15) is 0 Å². The molecule has 2 rings (SSSR count). The molecule has 0 aliphatic carbocycles. The first-order valence-corrected chi connectivity index (χ1v) is 8.63. The third-order valence-electron chi connectivity index (χ3n) is 4.27. The third kappa shape index (κ3) is 6.59. The summed E-state index contributed by atoms with van der Waals surface area (Å²) in [5, 5.41) is 15.6. The number of aliphatic hydroxyl groups is 1. The van der Waals surface area contributed by atoms with Crippen LogP contribution in [0.5, 0.6) is 0 Å². The van der Waals surface area contributed by atoms with Gasteiger partial charge < -0.3 is 20.6 Å². The lowest BCUT2D eigenvalue weighted by Crippen LogP contribution is -2.42. The highest BCUT2D eigenvalue weighted by molar-refractivity contribution is 5.73. The van der Waals surface area contributed by atoms with Gasteiger partial charge in [0.25, 0.3) is 0 Å². The van der Waals surface area contributed by atoms with Crippen LogP contribution in [-0.4, -0.2) is 54.9 Å². The average molecular weight is 319 g/mol. The van der Waals surface area contributed by atoms with Gasteiger partial charge in [0.05, 0.1) is 6.10 Å². The maximum Gasteiger partial charge on any atom is 0.314 e. The normalized spacial score (nSPS) is 19.5. The number of benzene rings is 1. The van der Waals surface area contributed by atoms with Gasteiger partial charge in [-0.3, -0.25) is 0 Å². The molecule has 0 spiro atoms. The minimum absolute atomic E-state index is 0.189. The first kappa shape index (κ1) is 17.8. The molecule has 1 aromatic carbocycles. The summed E-state index contributed by atoms with van der Waals surface area (Å²) in [6.07, 6.45) is 2.32. The van der Waals surface area contributed by atoms with Gasteiger partial charge in [-0.15, -0.1) is 0 Å². The Kier molecular flexibility index (Phi) is 7.36. The molecule has 0 bridgehead atoms. The van der Waals surface area contributed by atoms with E-state index in [9.17, 15) is 9.90 Å². The van der Waals surface area contributed by atoms with E-state index in [1.807, 2.05) is 30.3 Å². The number of likely N-dealkylation sites (tertiary alicyclic amines) is 1. The van der Waals surface area contributed by atoms with Crippen molar-refractivity contribution in [2.75, 3.05) is 32.7 Å². The van der Waals surface area contributed by atoms with Crippen LogP contribution >= 0.6 is 0 Å². The Morgan fingerprint density at radius 3 is 2.87 bits per heavy atom. The Morgan fingerprint density at radius 1 is 1.35 bits per heavy atom. The second-order valence-corrected chi connectivity index (χ2v) is 6.39. The molecule has 0 saturated carbocycles. The summed E-state index contributed by atoms with van der Waals surface area (Å²) in [4.78, 5) is 14.3. The molecule has 3 N–H and O–H groups in total. The highest BCUT2D eigenvalue weighted by atomic mass is 16.3. The van der Waals surface area contributed by atoms with E-state index in [1.165, 1.54) is 6.42 Å². The van der Waals surface area contributed by atoms with Crippen molar-refractivity contribution >= 4 is 6.03 Å². The maximum absolute atomic E-state index is 11.8. The predicted octanol–water partition coefficient (Wildman–Crippen LogP) is 1.62. The molecule has 2 unspecified atom stereocenters. The predicted molar refractivity (Wildman–Crippen MR) is 92.4 cm³/mol. The van der Waals surface area contributed by atoms with Crippen molar-refractivity contribution in [1.82, 2.24) is 15.5 Å². The number of amides is 2. The number of carbonyl (C=O) groups excluding carboxylic acids is 1. The fourth-order valence-corrected chi connectivity index (χ4v) is 3.07. The van der Waals surface area contributed by atoms with E-state index in [4.69, 9.17) is 0 Å². The van der Waals surface area contributed by atoms with Crippen LogP contribution in [0.1, 0.15) is 25.3 Å². The number of carbonyl (C=O) groups is 1. The van der Waals surface area contributed by atoms with Crippen LogP contribution in [0.3, 0.4) is 0 Å². The molecule has 1 heterocycles. The molecule has 0 aromatic heterocycles. The largest absolute Gasteiger partial charge is 0.391 e. The second kappa shape index (κ2) is 9.53. The maximum atomic E-state index is 11.8. The van der Waals surface area contributed by atoms with E-state index in [0.717, 1.165) is 31.6 Å². The first-order chi connectivity index (χ1) is 11.2. The van der Waals surface area contributed by atoms with E-state index >= 15 is 0 Å².